The van der Waals surface area contributed by atoms with Crippen LogP contribution in [0.4, 0.5) is 5.69 Å². The number of anilines is 1. The van der Waals surface area contributed by atoms with Gasteiger partial charge >= 0.3 is 0 Å². The highest BCUT2D eigenvalue weighted by molar-refractivity contribution is 5.77. The number of para-hydroxylation sites is 1. The summed E-state index contributed by atoms with van der Waals surface area (Å²) in [4.78, 5) is 21.2. The van der Waals surface area contributed by atoms with Crippen molar-refractivity contribution in [2.45, 2.75) is 13.2 Å². The molecule has 6 nitrogen and oxygen atoms in total. The maximum absolute atomic E-state index is 11.7. The number of hydrogen-bond donors (Lipinski definition) is 0. The zero-order valence-corrected chi connectivity index (χ0v) is 20.0. The third-order valence-corrected chi connectivity index (χ3v) is 6.62. The summed E-state index contributed by atoms with van der Waals surface area (Å²) < 4.78 is 12.0. The highest BCUT2D eigenvalue weighted by Gasteiger charge is 2.17. The first kappa shape index (κ1) is 22.3. The molecule has 0 atom stereocenters. The summed E-state index contributed by atoms with van der Waals surface area (Å²) in [6.45, 7) is 5.58. The van der Waals surface area contributed by atoms with Crippen LogP contribution in [-0.2, 0) is 13.2 Å². The normalized spacial score (nSPS) is 14.4. The minimum absolute atomic E-state index is 0.0993. The summed E-state index contributed by atoms with van der Waals surface area (Å²) >= 11 is 0. The summed E-state index contributed by atoms with van der Waals surface area (Å²) in [6, 6.07) is 29.5. The van der Waals surface area contributed by atoms with Crippen LogP contribution in [-0.4, -0.2) is 36.1 Å². The van der Waals surface area contributed by atoms with E-state index >= 15 is 0 Å². The van der Waals surface area contributed by atoms with E-state index in [4.69, 9.17) is 9.15 Å². The van der Waals surface area contributed by atoms with E-state index in [2.05, 4.69) is 69.4 Å². The molecule has 2 heterocycles. The fourth-order valence-corrected chi connectivity index (χ4v) is 4.72. The molecule has 0 radical (unpaired) electrons. The predicted molar refractivity (Wildman–Crippen MR) is 142 cm³/mol. The number of piperazine rings is 1. The van der Waals surface area contributed by atoms with Gasteiger partial charge in [-0.25, -0.2) is 4.98 Å². The Morgan fingerprint density at radius 2 is 1.64 bits per heavy atom. The average Bonchev–Trinajstić information content (AvgIpc) is 2.92. The van der Waals surface area contributed by atoms with Crippen LogP contribution in [0.1, 0.15) is 11.1 Å². The molecule has 0 N–H and O–H groups in total. The smallest absolute Gasteiger partial charge is 0.182 e. The van der Waals surface area contributed by atoms with Gasteiger partial charge in [-0.15, -0.1) is 0 Å². The van der Waals surface area contributed by atoms with Gasteiger partial charge in [-0.2, -0.15) is 0 Å². The number of fused-ring (bicyclic) bond motifs is 2. The highest BCUT2D eigenvalue weighted by Crippen LogP contribution is 2.27. The monoisotopic (exact) mass is 477 g/mol. The number of benzene rings is 4. The van der Waals surface area contributed by atoms with Crippen molar-refractivity contribution in [2.24, 2.45) is 0 Å². The van der Waals surface area contributed by atoms with Crippen LogP contribution in [0.15, 0.2) is 100 Å². The van der Waals surface area contributed by atoms with Gasteiger partial charge in [0.2, 0.25) is 0 Å². The Labute approximate surface area is 209 Å². The second-order valence-electron chi connectivity index (χ2n) is 9.18. The number of rotatable bonds is 6. The van der Waals surface area contributed by atoms with Crippen LogP contribution in [0, 0.1) is 0 Å². The molecule has 3 aromatic rings. The highest BCUT2D eigenvalue weighted by atomic mass is 16.5. The Morgan fingerprint density at radius 1 is 0.806 bits per heavy atom. The predicted octanol–water partition coefficient (Wildman–Crippen LogP) is 5.19. The molecule has 1 saturated heterocycles. The molecule has 6 heteroatoms. The standard InChI is InChI=1S/C30H27N3O3/c34-25-9-11-27-29(18-25)36-30-19-26(10-12-28(30)31-27)35-21-23-6-4-5-22(17-23)20-32-13-15-33(16-14-32)24-7-2-1-3-8-24/h1-12,17-19H,13-16,20-21H2. The zero-order chi connectivity index (χ0) is 24.3. The molecule has 6 rings (SSSR count). The first-order valence-electron chi connectivity index (χ1n) is 12.3. The molecule has 2 aliphatic heterocycles. The van der Waals surface area contributed by atoms with Gasteiger partial charge in [-0.05, 0) is 47.5 Å². The largest absolute Gasteiger partial charge is 0.489 e. The van der Waals surface area contributed by atoms with Crippen molar-refractivity contribution in [3.63, 3.8) is 0 Å². The lowest BCUT2D eigenvalue weighted by Gasteiger charge is -2.36. The van der Waals surface area contributed by atoms with Crippen molar-refractivity contribution in [1.82, 2.24) is 9.88 Å². The quantitative estimate of drug-likeness (QED) is 0.314. The van der Waals surface area contributed by atoms with E-state index in [1.54, 1.807) is 6.07 Å². The first-order valence-corrected chi connectivity index (χ1v) is 12.3. The van der Waals surface area contributed by atoms with Crippen molar-refractivity contribution >= 4 is 16.8 Å². The molecular formula is C30H27N3O3. The summed E-state index contributed by atoms with van der Waals surface area (Å²) in [7, 11) is 0. The molecule has 0 spiro atoms. The van der Waals surface area contributed by atoms with Crippen molar-refractivity contribution in [3.05, 3.63) is 112 Å². The van der Waals surface area contributed by atoms with Crippen LogP contribution in [0.2, 0.25) is 0 Å². The maximum Gasteiger partial charge on any atom is 0.182 e. The van der Waals surface area contributed by atoms with Crippen molar-refractivity contribution < 1.29 is 9.15 Å². The SMILES string of the molecule is O=c1ccc2nc3ccc(OCc4cccc(CN5CCN(c6ccccc6)CC5)c4)cc3oc-2c1. The number of ether oxygens (including phenoxy) is 1. The van der Waals surface area contributed by atoms with E-state index < -0.39 is 0 Å². The van der Waals surface area contributed by atoms with Gasteiger partial charge in [0, 0.05) is 50.5 Å². The Morgan fingerprint density at radius 3 is 2.50 bits per heavy atom. The van der Waals surface area contributed by atoms with Gasteiger partial charge in [0.15, 0.2) is 16.8 Å². The van der Waals surface area contributed by atoms with Gasteiger partial charge in [-0.3, -0.25) is 9.69 Å². The van der Waals surface area contributed by atoms with Gasteiger partial charge in [0.05, 0.1) is 0 Å². The summed E-state index contributed by atoms with van der Waals surface area (Å²) in [6.07, 6.45) is 0. The molecular weight excluding hydrogens is 450 g/mol. The van der Waals surface area contributed by atoms with Crippen LogP contribution >= 0.6 is 0 Å². The molecule has 0 unspecified atom stereocenters. The lowest BCUT2D eigenvalue weighted by Crippen LogP contribution is -2.45. The van der Waals surface area contributed by atoms with E-state index in [0.717, 1.165) is 43.8 Å². The lowest BCUT2D eigenvalue weighted by atomic mass is 10.1. The maximum atomic E-state index is 11.7. The Kier molecular flexibility index (Phi) is 6.10. The van der Waals surface area contributed by atoms with Gasteiger partial charge in [0.1, 0.15) is 23.6 Å². The molecule has 36 heavy (non-hydrogen) atoms. The van der Waals surface area contributed by atoms with Gasteiger partial charge in [-0.1, -0.05) is 42.5 Å². The lowest BCUT2D eigenvalue weighted by molar-refractivity contribution is 0.249. The van der Waals surface area contributed by atoms with E-state index in [0.29, 0.717) is 29.4 Å². The fraction of sp³-hybridized carbons (Fsp3) is 0.200. The van der Waals surface area contributed by atoms with Crippen molar-refractivity contribution in [3.8, 4) is 17.2 Å². The Bertz CT molecular complexity index is 1510. The molecule has 3 aromatic carbocycles. The molecule has 1 aliphatic carbocycles. The zero-order valence-electron chi connectivity index (χ0n) is 20.0. The van der Waals surface area contributed by atoms with Crippen molar-refractivity contribution in [1.29, 1.82) is 0 Å². The van der Waals surface area contributed by atoms with E-state index in [-0.39, 0.29) is 5.43 Å². The third kappa shape index (κ3) is 4.95. The first-order chi connectivity index (χ1) is 17.7. The second-order valence-corrected chi connectivity index (χ2v) is 9.18. The minimum atomic E-state index is -0.0993. The van der Waals surface area contributed by atoms with Crippen molar-refractivity contribution in [2.75, 3.05) is 31.1 Å². The molecule has 0 amide bonds. The summed E-state index contributed by atoms with van der Waals surface area (Å²) in [5, 5.41) is 0. The number of aromatic nitrogens is 1. The minimum Gasteiger partial charge on any atom is -0.489 e. The topological polar surface area (TPSA) is 58.8 Å². The van der Waals surface area contributed by atoms with Gasteiger partial charge < -0.3 is 14.1 Å². The van der Waals surface area contributed by atoms with Crippen LogP contribution in [0.5, 0.6) is 5.75 Å². The van der Waals surface area contributed by atoms with Crippen LogP contribution in [0.25, 0.3) is 22.6 Å². The molecule has 3 aliphatic rings. The van der Waals surface area contributed by atoms with E-state index in [1.807, 2.05) is 18.2 Å². The van der Waals surface area contributed by atoms with E-state index in [1.165, 1.54) is 23.4 Å². The third-order valence-electron chi connectivity index (χ3n) is 6.62. The second kappa shape index (κ2) is 9.84. The van der Waals surface area contributed by atoms with Gasteiger partial charge in [0.25, 0.3) is 0 Å². The van der Waals surface area contributed by atoms with Crippen LogP contribution in [0.3, 0.4) is 0 Å². The fourth-order valence-electron chi connectivity index (χ4n) is 4.72. The van der Waals surface area contributed by atoms with E-state index in [9.17, 15) is 4.79 Å². The Hall–Kier alpha value is -4.16. The molecule has 0 saturated carbocycles. The van der Waals surface area contributed by atoms with Crippen LogP contribution < -0.4 is 15.1 Å². The molecule has 1 fully saturated rings. The number of nitrogens with zero attached hydrogens (tertiary/aromatic N) is 3. The molecule has 0 bridgehead atoms. The molecule has 0 aromatic heterocycles. The summed E-state index contributed by atoms with van der Waals surface area (Å²) in [5.41, 5.74) is 5.60. The average molecular weight is 478 g/mol. The summed E-state index contributed by atoms with van der Waals surface area (Å²) in [5.74, 6) is 1.18. The number of hydrogen-bond acceptors (Lipinski definition) is 6. The Balaban J connectivity index is 1.09. The molecule has 180 valence electrons.